The predicted octanol–water partition coefficient (Wildman–Crippen LogP) is -0.412. The van der Waals surface area contributed by atoms with Crippen LogP contribution in [0.3, 0.4) is 0 Å². The van der Waals surface area contributed by atoms with Crippen molar-refractivity contribution in [2.45, 2.75) is 38.3 Å². The maximum absolute atomic E-state index is 11.1. The fraction of sp³-hybridized carbons (Fsp3) is 0.778. The third kappa shape index (κ3) is 3.49. The van der Waals surface area contributed by atoms with E-state index >= 15 is 0 Å². The number of hydrogen-bond donors (Lipinski definition) is 1. The number of hydrogen-bond acceptors (Lipinski definition) is 6. The molecule has 0 aromatic heterocycles. The van der Waals surface area contributed by atoms with Crippen molar-refractivity contribution >= 4 is 11.9 Å². The highest BCUT2D eigenvalue weighted by atomic mass is 16.6. The van der Waals surface area contributed by atoms with E-state index in [4.69, 9.17) is 9.47 Å². The quantitative estimate of drug-likeness (QED) is 0.634. The van der Waals surface area contributed by atoms with Crippen LogP contribution in [0.5, 0.6) is 0 Å². The summed E-state index contributed by atoms with van der Waals surface area (Å²) in [5, 5.41) is 9.29. The Balaban J connectivity index is 2.55. The predicted molar refractivity (Wildman–Crippen MR) is 47.7 cm³/mol. The van der Waals surface area contributed by atoms with Gasteiger partial charge in [0.25, 0.3) is 0 Å². The van der Waals surface area contributed by atoms with E-state index in [0.29, 0.717) is 0 Å². The van der Waals surface area contributed by atoms with Gasteiger partial charge in [-0.3, -0.25) is 4.79 Å². The Bertz CT molecular complexity index is 251. The first kappa shape index (κ1) is 11.9. The van der Waals surface area contributed by atoms with Crippen LogP contribution in [0.2, 0.25) is 0 Å². The normalized spacial score (nSPS) is 30.7. The Morgan fingerprint density at radius 1 is 1.40 bits per heavy atom. The number of rotatable bonds is 2. The number of carbonyl (C=O) groups is 2. The molecule has 15 heavy (non-hydrogen) atoms. The zero-order valence-electron chi connectivity index (χ0n) is 8.63. The van der Waals surface area contributed by atoms with Gasteiger partial charge in [0.15, 0.2) is 12.4 Å². The maximum atomic E-state index is 11.1. The molecule has 1 aliphatic heterocycles. The molecule has 0 amide bonds. The van der Waals surface area contributed by atoms with Crippen molar-refractivity contribution in [1.82, 2.24) is 0 Å². The Kier molecular flexibility index (Phi) is 4.05. The Labute approximate surface area is 87.1 Å². The van der Waals surface area contributed by atoms with Crippen molar-refractivity contribution < 1.29 is 28.9 Å². The van der Waals surface area contributed by atoms with Gasteiger partial charge in [0, 0.05) is 19.8 Å². The van der Waals surface area contributed by atoms with Crippen molar-refractivity contribution in [3.8, 4) is 0 Å². The van der Waals surface area contributed by atoms with Crippen LogP contribution in [0, 0.1) is 0 Å². The molecule has 3 unspecified atom stereocenters. The monoisotopic (exact) mass is 218 g/mol. The van der Waals surface area contributed by atoms with Crippen LogP contribution in [-0.4, -0.2) is 42.7 Å². The van der Waals surface area contributed by atoms with E-state index in [1.807, 2.05) is 0 Å². The number of esters is 2. The summed E-state index contributed by atoms with van der Waals surface area (Å²) < 4.78 is 14.3. The lowest BCUT2D eigenvalue weighted by molar-refractivity contribution is -0.211. The molecule has 1 heterocycles. The van der Waals surface area contributed by atoms with E-state index in [1.54, 1.807) is 0 Å². The van der Waals surface area contributed by atoms with Crippen LogP contribution in [0.25, 0.3) is 0 Å². The average Bonchev–Trinajstić information content (AvgIpc) is 2.14. The van der Waals surface area contributed by atoms with E-state index in [0.717, 1.165) is 0 Å². The summed E-state index contributed by atoms with van der Waals surface area (Å²) in [6.45, 7) is 1.27. The first-order valence-corrected chi connectivity index (χ1v) is 4.61. The van der Waals surface area contributed by atoms with E-state index < -0.39 is 30.4 Å². The lowest BCUT2D eigenvalue weighted by Gasteiger charge is -2.30. The molecular weight excluding hydrogens is 204 g/mol. The molecule has 0 aliphatic carbocycles. The first-order chi connectivity index (χ1) is 7.02. The standard InChI is InChI=1S/C9H14O6/c1-5(10)14-6-3-7(9(12)13-2)15-8(11)4-6/h6-8,11H,3-4H2,1-2H3. The molecule has 1 rings (SSSR count). The highest BCUT2D eigenvalue weighted by molar-refractivity contribution is 5.74. The summed E-state index contributed by atoms with van der Waals surface area (Å²) in [5.41, 5.74) is 0. The van der Waals surface area contributed by atoms with Gasteiger partial charge in [-0.2, -0.15) is 0 Å². The van der Waals surface area contributed by atoms with Crippen LogP contribution < -0.4 is 0 Å². The molecule has 1 saturated heterocycles. The molecule has 0 bridgehead atoms. The molecule has 6 nitrogen and oxygen atoms in total. The minimum atomic E-state index is -1.10. The van der Waals surface area contributed by atoms with Crippen molar-refractivity contribution in [3.05, 3.63) is 0 Å². The van der Waals surface area contributed by atoms with Crippen LogP contribution in [-0.2, 0) is 23.8 Å². The number of aliphatic hydroxyl groups is 1. The number of carbonyl (C=O) groups excluding carboxylic acids is 2. The summed E-state index contributed by atoms with van der Waals surface area (Å²) in [4.78, 5) is 21.8. The van der Waals surface area contributed by atoms with E-state index in [-0.39, 0.29) is 12.8 Å². The first-order valence-electron chi connectivity index (χ1n) is 4.61. The Morgan fingerprint density at radius 3 is 2.60 bits per heavy atom. The fourth-order valence-electron chi connectivity index (χ4n) is 1.47. The van der Waals surface area contributed by atoms with Gasteiger partial charge in [-0.25, -0.2) is 4.79 Å². The average molecular weight is 218 g/mol. The van der Waals surface area contributed by atoms with Gasteiger partial charge in [0.05, 0.1) is 7.11 Å². The molecule has 3 atom stereocenters. The number of methoxy groups -OCH3 is 1. The van der Waals surface area contributed by atoms with Gasteiger partial charge in [0.1, 0.15) is 6.10 Å². The fourth-order valence-corrected chi connectivity index (χ4v) is 1.47. The third-order valence-electron chi connectivity index (χ3n) is 2.06. The molecule has 1 N–H and O–H groups in total. The maximum Gasteiger partial charge on any atom is 0.335 e. The van der Waals surface area contributed by atoms with Gasteiger partial charge < -0.3 is 19.3 Å². The van der Waals surface area contributed by atoms with Crippen LogP contribution >= 0.6 is 0 Å². The Morgan fingerprint density at radius 2 is 2.07 bits per heavy atom. The Hall–Kier alpha value is -1.14. The minimum Gasteiger partial charge on any atom is -0.467 e. The second-order valence-corrected chi connectivity index (χ2v) is 3.31. The zero-order chi connectivity index (χ0) is 11.4. The molecule has 0 spiro atoms. The number of ether oxygens (including phenoxy) is 3. The van der Waals surface area contributed by atoms with Gasteiger partial charge in [-0.05, 0) is 0 Å². The van der Waals surface area contributed by atoms with Crippen molar-refractivity contribution in [1.29, 1.82) is 0 Å². The molecule has 0 aromatic carbocycles. The van der Waals surface area contributed by atoms with Crippen LogP contribution in [0.1, 0.15) is 19.8 Å². The van der Waals surface area contributed by atoms with E-state index in [9.17, 15) is 14.7 Å². The van der Waals surface area contributed by atoms with Crippen molar-refractivity contribution in [2.75, 3.05) is 7.11 Å². The van der Waals surface area contributed by atoms with E-state index in [1.165, 1.54) is 14.0 Å². The van der Waals surface area contributed by atoms with Gasteiger partial charge in [-0.15, -0.1) is 0 Å². The second kappa shape index (κ2) is 5.09. The van der Waals surface area contributed by atoms with Gasteiger partial charge in [0.2, 0.25) is 0 Å². The van der Waals surface area contributed by atoms with Crippen molar-refractivity contribution in [3.63, 3.8) is 0 Å². The molecule has 0 aromatic rings. The van der Waals surface area contributed by atoms with E-state index in [2.05, 4.69) is 4.74 Å². The largest absolute Gasteiger partial charge is 0.467 e. The molecule has 1 fully saturated rings. The summed E-state index contributed by atoms with van der Waals surface area (Å²) >= 11 is 0. The lowest BCUT2D eigenvalue weighted by Crippen LogP contribution is -2.42. The van der Waals surface area contributed by atoms with Crippen LogP contribution in [0.15, 0.2) is 0 Å². The highest BCUT2D eigenvalue weighted by Crippen LogP contribution is 2.21. The topological polar surface area (TPSA) is 82.1 Å². The molecule has 86 valence electrons. The molecule has 0 saturated carbocycles. The summed E-state index contributed by atoms with van der Waals surface area (Å²) in [6, 6.07) is 0. The SMILES string of the molecule is COC(=O)C1CC(OC(C)=O)CC(O)O1. The van der Waals surface area contributed by atoms with Crippen molar-refractivity contribution in [2.24, 2.45) is 0 Å². The van der Waals surface area contributed by atoms with Gasteiger partial charge in [-0.1, -0.05) is 0 Å². The molecular formula is C9H14O6. The molecule has 1 aliphatic rings. The second-order valence-electron chi connectivity index (χ2n) is 3.31. The minimum absolute atomic E-state index is 0.174. The van der Waals surface area contributed by atoms with Crippen LogP contribution in [0.4, 0.5) is 0 Å². The smallest absolute Gasteiger partial charge is 0.335 e. The highest BCUT2D eigenvalue weighted by Gasteiger charge is 2.34. The lowest BCUT2D eigenvalue weighted by atomic mass is 10.1. The molecule has 6 heteroatoms. The zero-order valence-corrected chi connectivity index (χ0v) is 8.63. The molecule has 0 radical (unpaired) electrons. The summed E-state index contributed by atoms with van der Waals surface area (Å²) in [6.07, 6.45) is -2.10. The summed E-state index contributed by atoms with van der Waals surface area (Å²) in [5.74, 6) is -1.02. The van der Waals surface area contributed by atoms with Gasteiger partial charge >= 0.3 is 11.9 Å². The third-order valence-corrected chi connectivity index (χ3v) is 2.06. The summed E-state index contributed by atoms with van der Waals surface area (Å²) in [7, 11) is 1.23. The number of aliphatic hydroxyl groups excluding tert-OH is 1.